The van der Waals surface area contributed by atoms with Gasteiger partial charge in [-0.3, -0.25) is 14.4 Å². The van der Waals surface area contributed by atoms with Crippen LogP contribution in [-0.4, -0.2) is 102 Å². The fraction of sp³-hybridized carbons (Fsp3) is 0.714. The quantitative estimate of drug-likeness (QED) is 0.494. The number of hydrogen-bond acceptors (Lipinski definition) is 10. The number of nitrogens with zero attached hydrogens (tertiary/aromatic N) is 2. The van der Waals surface area contributed by atoms with Crippen molar-refractivity contribution in [2.45, 2.75) is 37.4 Å². The Kier molecular flexibility index (Phi) is 5.27. The maximum atomic E-state index is 14.0. The van der Waals surface area contributed by atoms with Gasteiger partial charge in [0.2, 0.25) is 17.5 Å². The zero-order valence-corrected chi connectivity index (χ0v) is 19.5. The molecule has 0 saturated carbocycles. The van der Waals surface area contributed by atoms with E-state index in [2.05, 4.69) is 0 Å². The Balaban J connectivity index is 1.63. The van der Waals surface area contributed by atoms with Crippen molar-refractivity contribution >= 4 is 35.3 Å². The average molecular weight is 482 g/mol. The van der Waals surface area contributed by atoms with Gasteiger partial charge in [0.1, 0.15) is 12.6 Å². The lowest BCUT2D eigenvalue weighted by Gasteiger charge is -2.41. The molecule has 1 aliphatic carbocycles. The normalized spacial score (nSPS) is 35.7. The SMILES string of the molecule is CCSCC1C(=O)C2=C(C(=O)C13OCCO3)[C@@H](COC(N)=O)[C@@]1(OC)[C@@H]3[C@H](CN21)N3C(C)=O. The summed E-state index contributed by atoms with van der Waals surface area (Å²) in [4.78, 5) is 55.1. The molecule has 1 spiro atoms. The maximum absolute atomic E-state index is 14.0. The van der Waals surface area contributed by atoms with Crippen LogP contribution in [0, 0.1) is 11.8 Å². The zero-order valence-electron chi connectivity index (χ0n) is 18.7. The van der Waals surface area contributed by atoms with E-state index in [4.69, 9.17) is 24.7 Å². The van der Waals surface area contributed by atoms with E-state index >= 15 is 0 Å². The summed E-state index contributed by atoms with van der Waals surface area (Å²) in [5.41, 5.74) is 4.42. The van der Waals surface area contributed by atoms with E-state index in [1.165, 1.54) is 25.8 Å². The lowest BCUT2D eigenvalue weighted by molar-refractivity contribution is -0.197. The van der Waals surface area contributed by atoms with E-state index in [9.17, 15) is 19.2 Å². The Labute approximate surface area is 194 Å². The maximum Gasteiger partial charge on any atom is 0.404 e. The predicted octanol–water partition coefficient (Wildman–Crippen LogP) is -0.513. The van der Waals surface area contributed by atoms with Gasteiger partial charge < -0.3 is 34.5 Å². The Morgan fingerprint density at radius 2 is 1.94 bits per heavy atom. The Hall–Kier alpha value is -2.15. The lowest BCUT2D eigenvalue weighted by Crippen LogP contribution is -2.56. The summed E-state index contributed by atoms with van der Waals surface area (Å²) in [6.07, 6.45) is -1.01. The van der Waals surface area contributed by atoms with Gasteiger partial charge in [0.25, 0.3) is 0 Å². The minimum absolute atomic E-state index is 0.130. The van der Waals surface area contributed by atoms with Crippen molar-refractivity contribution in [3.05, 3.63) is 11.3 Å². The number of nitrogens with two attached hydrogens (primary N) is 1. The van der Waals surface area contributed by atoms with Crippen LogP contribution in [0.4, 0.5) is 4.79 Å². The smallest absolute Gasteiger partial charge is 0.404 e. The van der Waals surface area contributed by atoms with Gasteiger partial charge >= 0.3 is 6.09 Å². The summed E-state index contributed by atoms with van der Waals surface area (Å²) in [5.74, 6) is -3.08. The van der Waals surface area contributed by atoms with Crippen molar-refractivity contribution < 1.29 is 38.1 Å². The number of ketones is 2. The molecule has 1 unspecified atom stereocenters. The second-order valence-corrected chi connectivity index (χ2v) is 10.0. The number of rotatable bonds is 6. The fourth-order valence-corrected chi connectivity index (χ4v) is 7.02. The third kappa shape index (κ3) is 2.81. The summed E-state index contributed by atoms with van der Waals surface area (Å²) in [7, 11) is 1.47. The lowest BCUT2D eigenvalue weighted by atomic mass is 9.76. The molecule has 180 valence electrons. The second-order valence-electron chi connectivity index (χ2n) is 8.72. The number of thioether (sulfide) groups is 1. The van der Waals surface area contributed by atoms with Crippen molar-refractivity contribution in [1.82, 2.24) is 9.80 Å². The van der Waals surface area contributed by atoms with Crippen molar-refractivity contribution in [3.8, 4) is 0 Å². The van der Waals surface area contributed by atoms with E-state index in [0.29, 0.717) is 12.3 Å². The molecule has 0 radical (unpaired) electrons. The van der Waals surface area contributed by atoms with Crippen molar-refractivity contribution in [2.24, 2.45) is 17.6 Å². The first-order valence-corrected chi connectivity index (χ1v) is 12.1. The van der Waals surface area contributed by atoms with E-state index in [0.717, 1.165) is 5.75 Å². The number of ether oxygens (including phenoxy) is 4. The van der Waals surface area contributed by atoms with Crippen LogP contribution >= 0.6 is 11.8 Å². The molecule has 5 atom stereocenters. The molecule has 3 fully saturated rings. The van der Waals surface area contributed by atoms with E-state index in [1.54, 1.807) is 9.80 Å². The fourth-order valence-electron chi connectivity index (χ4n) is 6.18. The zero-order chi connectivity index (χ0) is 23.7. The largest absolute Gasteiger partial charge is 0.449 e. The molecule has 5 rings (SSSR count). The number of methoxy groups -OCH3 is 1. The van der Waals surface area contributed by atoms with Gasteiger partial charge in [-0.15, -0.1) is 0 Å². The third-order valence-electron chi connectivity index (χ3n) is 7.38. The van der Waals surface area contributed by atoms with Crippen LogP contribution in [0.25, 0.3) is 0 Å². The highest BCUT2D eigenvalue weighted by Gasteiger charge is 2.79. The summed E-state index contributed by atoms with van der Waals surface area (Å²) in [6.45, 7) is 3.88. The van der Waals surface area contributed by atoms with Crippen molar-refractivity contribution in [1.29, 1.82) is 0 Å². The summed E-state index contributed by atoms with van der Waals surface area (Å²) < 4.78 is 22.9. The highest BCUT2D eigenvalue weighted by molar-refractivity contribution is 7.99. The highest BCUT2D eigenvalue weighted by atomic mass is 32.2. The minimum atomic E-state index is -1.71. The number of primary amides is 1. The van der Waals surface area contributed by atoms with Gasteiger partial charge in [-0.2, -0.15) is 11.8 Å². The minimum Gasteiger partial charge on any atom is -0.449 e. The second kappa shape index (κ2) is 7.69. The number of hydrogen-bond donors (Lipinski definition) is 1. The number of fused-ring (bicyclic) bond motifs is 4. The molecular formula is C21H27N3O8S. The first-order valence-electron chi connectivity index (χ1n) is 11.0. The monoisotopic (exact) mass is 481 g/mol. The molecule has 0 bridgehead atoms. The Morgan fingerprint density at radius 3 is 2.52 bits per heavy atom. The number of allylic oxidation sites excluding steroid dienone is 1. The average Bonchev–Trinajstić information content (AvgIpc) is 3.07. The molecule has 3 saturated heterocycles. The topological polar surface area (TPSA) is 137 Å². The summed E-state index contributed by atoms with van der Waals surface area (Å²) >= 11 is 1.53. The van der Waals surface area contributed by atoms with Crippen LogP contribution in [0.2, 0.25) is 0 Å². The Morgan fingerprint density at radius 1 is 1.24 bits per heavy atom. The van der Waals surface area contributed by atoms with E-state index in [-0.39, 0.29) is 48.8 Å². The van der Waals surface area contributed by atoms with Gasteiger partial charge in [0.15, 0.2) is 11.5 Å². The van der Waals surface area contributed by atoms with Gasteiger partial charge in [-0.25, -0.2) is 4.79 Å². The van der Waals surface area contributed by atoms with Gasteiger partial charge in [-0.05, 0) is 5.75 Å². The van der Waals surface area contributed by atoms with Crippen LogP contribution in [0.5, 0.6) is 0 Å². The Bertz CT molecular complexity index is 963. The first kappa shape index (κ1) is 22.6. The summed E-state index contributed by atoms with van der Waals surface area (Å²) in [6, 6.07) is -0.550. The summed E-state index contributed by atoms with van der Waals surface area (Å²) in [5, 5.41) is 0. The van der Waals surface area contributed by atoms with Gasteiger partial charge in [0.05, 0.1) is 36.8 Å². The molecule has 0 aromatic heterocycles. The van der Waals surface area contributed by atoms with E-state index < -0.39 is 41.3 Å². The van der Waals surface area contributed by atoms with Crippen LogP contribution < -0.4 is 5.73 Å². The van der Waals surface area contributed by atoms with Crippen LogP contribution in [-0.2, 0) is 33.3 Å². The molecule has 2 N–H and O–H groups in total. The molecule has 33 heavy (non-hydrogen) atoms. The standard InChI is InChI=1S/C21H27N3O8S/c1-4-33-9-12-16(26)15-14(18(27)21(12)31-5-6-32-21)11(8-30-19(22)28)20(29-3)17-13(7-23(15)20)24(17)10(2)25/h11-13,17H,4-9H2,1-3H3,(H2,22,28)/t11-,12?,13+,17+,20-,24?/m1/s1. The molecular weight excluding hydrogens is 454 g/mol. The molecule has 0 aromatic carbocycles. The van der Waals surface area contributed by atoms with Gasteiger partial charge in [0, 0.05) is 31.9 Å². The molecule has 11 nitrogen and oxygen atoms in total. The van der Waals surface area contributed by atoms with E-state index in [1.807, 2.05) is 6.92 Å². The third-order valence-corrected chi connectivity index (χ3v) is 8.35. The number of piperazine rings is 1. The van der Waals surface area contributed by atoms with Gasteiger partial charge in [-0.1, -0.05) is 6.92 Å². The van der Waals surface area contributed by atoms with Crippen LogP contribution in [0.15, 0.2) is 11.3 Å². The molecule has 5 aliphatic rings. The number of carbonyl (C=O) groups excluding carboxylic acids is 4. The number of amides is 2. The first-order chi connectivity index (χ1) is 15.8. The highest BCUT2D eigenvalue weighted by Crippen LogP contribution is 2.61. The molecule has 12 heteroatoms. The predicted molar refractivity (Wildman–Crippen MR) is 114 cm³/mol. The molecule has 2 amide bonds. The number of Topliss-reactive ketones (excluding diaryl/α,β-unsaturated/α-hetero) is 2. The van der Waals surface area contributed by atoms with Crippen molar-refractivity contribution in [2.75, 3.05) is 45.0 Å². The molecule has 0 aromatic rings. The van der Waals surface area contributed by atoms with Crippen LogP contribution in [0.1, 0.15) is 13.8 Å². The van der Waals surface area contributed by atoms with Crippen molar-refractivity contribution in [3.63, 3.8) is 0 Å². The van der Waals surface area contributed by atoms with Crippen LogP contribution in [0.3, 0.4) is 0 Å². The number of carbonyl (C=O) groups is 4. The molecule has 4 heterocycles. The molecule has 4 aliphatic heterocycles.